The van der Waals surface area contributed by atoms with Crippen LogP contribution in [-0.4, -0.2) is 66.8 Å². The zero-order chi connectivity index (χ0) is 24.3. The van der Waals surface area contributed by atoms with Gasteiger partial charge in [-0.1, -0.05) is 44.4 Å². The predicted molar refractivity (Wildman–Crippen MR) is 134 cm³/mol. The second-order valence-corrected chi connectivity index (χ2v) is 10.5. The van der Waals surface area contributed by atoms with Crippen molar-refractivity contribution in [3.05, 3.63) is 41.1 Å². The van der Waals surface area contributed by atoms with Crippen LogP contribution in [0.1, 0.15) is 67.1 Å². The van der Waals surface area contributed by atoms with Gasteiger partial charge in [0.2, 0.25) is 0 Å². The number of amides is 1. The fraction of sp³-hybridized carbons (Fsp3) is 0.607. The average molecular weight is 480 g/mol. The Hall–Kier alpha value is -2.51. The Kier molecular flexibility index (Phi) is 7.35. The number of ether oxygens (including phenoxy) is 2. The van der Waals surface area contributed by atoms with Crippen LogP contribution < -0.4 is 5.32 Å². The lowest BCUT2D eigenvalue weighted by Gasteiger charge is -2.48. The van der Waals surface area contributed by atoms with E-state index >= 15 is 0 Å². The molecule has 1 unspecified atom stereocenters. The van der Waals surface area contributed by atoms with Crippen LogP contribution in [-0.2, 0) is 27.1 Å². The molecule has 1 aromatic carbocycles. The number of aromatic nitrogens is 1. The maximum atomic E-state index is 13.3. The number of pyridine rings is 1. The van der Waals surface area contributed by atoms with Crippen LogP contribution in [0.2, 0.25) is 0 Å². The van der Waals surface area contributed by atoms with E-state index in [4.69, 9.17) is 14.5 Å². The number of aryl methyl sites for hydroxylation is 1. The first-order valence-electron chi connectivity index (χ1n) is 13.2. The zero-order valence-electron chi connectivity index (χ0n) is 20.8. The van der Waals surface area contributed by atoms with Crippen LogP contribution in [0.4, 0.5) is 0 Å². The molecule has 0 spiro atoms. The van der Waals surface area contributed by atoms with Gasteiger partial charge in [0.05, 0.1) is 24.3 Å². The highest BCUT2D eigenvalue weighted by Gasteiger charge is 2.39. The van der Waals surface area contributed by atoms with Crippen molar-refractivity contribution in [2.45, 2.75) is 63.8 Å². The fourth-order valence-electron chi connectivity index (χ4n) is 6.17. The van der Waals surface area contributed by atoms with Crippen LogP contribution in [0, 0.1) is 5.92 Å². The van der Waals surface area contributed by atoms with Gasteiger partial charge in [-0.3, -0.25) is 14.7 Å². The largest absolute Gasteiger partial charge is 0.452 e. The maximum absolute atomic E-state index is 13.3. The van der Waals surface area contributed by atoms with E-state index in [0.29, 0.717) is 18.0 Å². The number of carbonyl (C=O) groups excluding carboxylic acids is 2. The number of hydrogen-bond donors (Lipinski definition) is 1. The number of nitrogens with one attached hydrogen (secondary N) is 1. The molecule has 1 saturated heterocycles. The lowest BCUT2D eigenvalue weighted by atomic mass is 9.79. The molecule has 1 aromatic heterocycles. The molecule has 7 nitrogen and oxygen atoms in total. The van der Waals surface area contributed by atoms with E-state index < -0.39 is 5.97 Å². The number of esters is 1. The number of fused-ring (bicyclic) bond motifs is 2. The van der Waals surface area contributed by atoms with Gasteiger partial charge in [0.25, 0.3) is 5.91 Å². The Balaban J connectivity index is 1.26. The van der Waals surface area contributed by atoms with Gasteiger partial charge in [-0.15, -0.1) is 0 Å². The second kappa shape index (κ2) is 10.6. The molecule has 1 aliphatic heterocycles. The number of nitrogens with zero attached hydrogens (tertiary/aromatic N) is 2. The second-order valence-electron chi connectivity index (χ2n) is 10.5. The van der Waals surface area contributed by atoms with Gasteiger partial charge in [-0.25, -0.2) is 4.79 Å². The van der Waals surface area contributed by atoms with Crippen molar-refractivity contribution >= 4 is 22.8 Å². The monoisotopic (exact) mass is 479 g/mol. The molecule has 1 N–H and O–H groups in total. The number of benzene rings is 1. The van der Waals surface area contributed by atoms with Gasteiger partial charge >= 0.3 is 5.97 Å². The Bertz CT molecular complexity index is 1070. The molecule has 0 bridgehead atoms. The third-order valence-electron chi connectivity index (χ3n) is 8.12. The van der Waals surface area contributed by atoms with Gasteiger partial charge < -0.3 is 14.8 Å². The first-order chi connectivity index (χ1) is 17.1. The number of carbonyl (C=O) groups is 2. The van der Waals surface area contributed by atoms with Crippen molar-refractivity contribution in [1.29, 1.82) is 0 Å². The summed E-state index contributed by atoms with van der Waals surface area (Å²) in [5, 5.41) is 3.90. The fourth-order valence-corrected chi connectivity index (χ4v) is 6.17. The van der Waals surface area contributed by atoms with Crippen LogP contribution in [0.3, 0.4) is 0 Å². The summed E-state index contributed by atoms with van der Waals surface area (Å²) in [7, 11) is 0. The van der Waals surface area contributed by atoms with Crippen molar-refractivity contribution in [2.75, 3.05) is 39.5 Å². The van der Waals surface area contributed by atoms with E-state index in [-0.39, 0.29) is 18.1 Å². The van der Waals surface area contributed by atoms with E-state index in [1.165, 1.54) is 19.3 Å². The summed E-state index contributed by atoms with van der Waals surface area (Å²) in [4.78, 5) is 33.4. The Morgan fingerprint density at radius 3 is 2.74 bits per heavy atom. The molecule has 1 saturated carbocycles. The van der Waals surface area contributed by atoms with Crippen molar-refractivity contribution in [3.8, 4) is 0 Å². The van der Waals surface area contributed by atoms with Crippen molar-refractivity contribution in [1.82, 2.24) is 15.2 Å². The lowest BCUT2D eigenvalue weighted by molar-refractivity contribution is -0.125. The molecule has 2 aromatic rings. The standard InChI is InChI=1S/C28H37N3O4/c1-20-9-10-24-22(17-20)26(21-7-3-4-8-23(21)30-24)27(33)35-18-25(32)29-19-28(11-5-2-6-12-28)31-13-15-34-16-14-31/h3-4,7-8,20H,2,5-6,9-19H2,1H3,(H,29,32). The summed E-state index contributed by atoms with van der Waals surface area (Å²) in [5.74, 6) is -0.172. The van der Waals surface area contributed by atoms with Gasteiger partial charge in [-0.05, 0) is 49.7 Å². The molecule has 188 valence electrons. The van der Waals surface area contributed by atoms with Crippen molar-refractivity contribution in [3.63, 3.8) is 0 Å². The average Bonchev–Trinajstić information content (AvgIpc) is 2.90. The third-order valence-corrected chi connectivity index (χ3v) is 8.12. The molecule has 2 heterocycles. The molecule has 0 radical (unpaired) electrons. The number of hydrogen-bond acceptors (Lipinski definition) is 6. The summed E-state index contributed by atoms with van der Waals surface area (Å²) in [5.41, 5.74) is 3.35. The number of para-hydroxylation sites is 1. The molecular formula is C28H37N3O4. The van der Waals surface area contributed by atoms with E-state index in [2.05, 4.69) is 17.1 Å². The highest BCUT2D eigenvalue weighted by molar-refractivity contribution is 6.05. The molecule has 1 atom stereocenters. The Labute approximate surface area is 207 Å². The molecule has 5 rings (SSSR count). The molecule has 2 fully saturated rings. The van der Waals surface area contributed by atoms with Crippen molar-refractivity contribution in [2.24, 2.45) is 5.92 Å². The normalized spacial score (nSPS) is 22.4. The van der Waals surface area contributed by atoms with Gasteiger partial charge in [0.1, 0.15) is 0 Å². The Morgan fingerprint density at radius 1 is 1.17 bits per heavy atom. The summed E-state index contributed by atoms with van der Waals surface area (Å²) >= 11 is 0. The molecule has 3 aliphatic rings. The summed E-state index contributed by atoms with van der Waals surface area (Å²) in [6, 6.07) is 7.72. The summed E-state index contributed by atoms with van der Waals surface area (Å²) in [6.45, 7) is 5.84. The third kappa shape index (κ3) is 5.21. The quantitative estimate of drug-likeness (QED) is 0.637. The van der Waals surface area contributed by atoms with E-state index in [1.54, 1.807) is 0 Å². The SMILES string of the molecule is CC1CCc2nc3ccccc3c(C(=O)OCC(=O)NCC3(N4CCOCC4)CCCCC3)c2C1. The maximum Gasteiger partial charge on any atom is 0.339 e. The number of rotatable bonds is 6. The highest BCUT2D eigenvalue weighted by atomic mass is 16.5. The number of morpholine rings is 1. The van der Waals surface area contributed by atoms with Crippen molar-refractivity contribution < 1.29 is 19.1 Å². The van der Waals surface area contributed by atoms with E-state index in [1.807, 2.05) is 24.3 Å². The minimum Gasteiger partial charge on any atom is -0.452 e. The molecule has 35 heavy (non-hydrogen) atoms. The highest BCUT2D eigenvalue weighted by Crippen LogP contribution is 2.34. The minimum absolute atomic E-state index is 0.0157. The minimum atomic E-state index is -0.426. The zero-order valence-corrected chi connectivity index (χ0v) is 20.8. The topological polar surface area (TPSA) is 80.8 Å². The molecule has 7 heteroatoms. The predicted octanol–water partition coefficient (Wildman–Crippen LogP) is 3.67. The van der Waals surface area contributed by atoms with E-state index in [9.17, 15) is 9.59 Å². The first kappa shape index (κ1) is 24.2. The Morgan fingerprint density at radius 2 is 1.94 bits per heavy atom. The molecule has 1 amide bonds. The van der Waals surface area contributed by atoms with Gasteiger partial charge in [-0.2, -0.15) is 0 Å². The van der Waals surface area contributed by atoms with Crippen LogP contribution in [0.15, 0.2) is 24.3 Å². The van der Waals surface area contributed by atoms with Crippen LogP contribution in [0.25, 0.3) is 10.9 Å². The smallest absolute Gasteiger partial charge is 0.339 e. The molecular weight excluding hydrogens is 442 g/mol. The van der Waals surface area contributed by atoms with Crippen LogP contribution in [0.5, 0.6) is 0 Å². The molecule has 2 aliphatic carbocycles. The van der Waals surface area contributed by atoms with Crippen LogP contribution >= 0.6 is 0 Å². The first-order valence-corrected chi connectivity index (χ1v) is 13.2. The summed E-state index contributed by atoms with van der Waals surface area (Å²) < 4.78 is 11.2. The van der Waals surface area contributed by atoms with E-state index in [0.717, 1.165) is 80.6 Å². The van der Waals surface area contributed by atoms with Gasteiger partial charge in [0, 0.05) is 36.3 Å². The summed E-state index contributed by atoms with van der Waals surface area (Å²) in [6.07, 6.45) is 8.53. The van der Waals surface area contributed by atoms with Gasteiger partial charge in [0.15, 0.2) is 6.61 Å². The lowest BCUT2D eigenvalue weighted by Crippen LogP contribution is -2.59.